The molecule has 4 heteroatoms. The summed E-state index contributed by atoms with van der Waals surface area (Å²) in [5.41, 5.74) is 1.33. The predicted molar refractivity (Wildman–Crippen MR) is 90.9 cm³/mol. The van der Waals surface area contributed by atoms with Crippen molar-refractivity contribution >= 4 is 11.3 Å². The average Bonchev–Trinajstić information content (AvgIpc) is 3.13. The lowest BCUT2D eigenvalue weighted by Gasteiger charge is -2.18. The molecular formula is C17H27N3S. The summed E-state index contributed by atoms with van der Waals surface area (Å²) < 4.78 is 1.99. The van der Waals surface area contributed by atoms with Crippen LogP contribution >= 0.6 is 11.3 Å². The normalized spacial score (nSPS) is 12.7. The summed E-state index contributed by atoms with van der Waals surface area (Å²) in [4.78, 5) is 1.51. The molecule has 2 aromatic heterocycles. The second-order valence-electron chi connectivity index (χ2n) is 5.61. The summed E-state index contributed by atoms with van der Waals surface area (Å²) in [6.45, 7) is 3.35. The van der Waals surface area contributed by atoms with Crippen molar-refractivity contribution in [3.63, 3.8) is 0 Å². The van der Waals surface area contributed by atoms with E-state index in [1.807, 2.05) is 29.3 Å². The maximum Gasteiger partial charge on any atom is 0.0492 e. The van der Waals surface area contributed by atoms with Crippen LogP contribution in [-0.2, 0) is 19.9 Å². The first-order valence-corrected chi connectivity index (χ1v) is 8.90. The molecule has 0 bridgehead atoms. The maximum absolute atomic E-state index is 4.25. The van der Waals surface area contributed by atoms with Crippen molar-refractivity contribution in [3.05, 3.63) is 40.3 Å². The van der Waals surface area contributed by atoms with Crippen LogP contribution in [0.15, 0.2) is 29.8 Å². The third-order valence-corrected chi connectivity index (χ3v) is 4.85. The number of hydrogen-bond donors (Lipinski definition) is 1. The number of nitrogens with zero attached hydrogens (tertiary/aromatic N) is 2. The fourth-order valence-electron chi connectivity index (χ4n) is 2.64. The molecule has 1 unspecified atom stereocenters. The zero-order chi connectivity index (χ0) is 14.9. The quantitative estimate of drug-likeness (QED) is 0.723. The van der Waals surface area contributed by atoms with E-state index in [2.05, 4.69) is 40.9 Å². The van der Waals surface area contributed by atoms with Crippen LogP contribution in [0.1, 0.15) is 43.2 Å². The number of aryl methyl sites for hydroxylation is 3. The van der Waals surface area contributed by atoms with Crippen molar-refractivity contribution in [2.24, 2.45) is 7.05 Å². The second kappa shape index (κ2) is 9.00. The average molecular weight is 305 g/mol. The number of hydrogen-bond acceptors (Lipinski definition) is 3. The molecule has 0 fully saturated rings. The Bertz CT molecular complexity index is 490. The maximum atomic E-state index is 4.25. The zero-order valence-electron chi connectivity index (χ0n) is 13.2. The number of aromatic nitrogens is 2. The van der Waals surface area contributed by atoms with Crippen LogP contribution in [0.25, 0.3) is 0 Å². The summed E-state index contributed by atoms with van der Waals surface area (Å²) in [5, 5.41) is 10.1. The van der Waals surface area contributed by atoms with Crippen LogP contribution in [0.2, 0.25) is 0 Å². The van der Waals surface area contributed by atoms with Gasteiger partial charge in [0.2, 0.25) is 0 Å². The molecule has 116 valence electrons. The van der Waals surface area contributed by atoms with E-state index < -0.39 is 0 Å². The van der Waals surface area contributed by atoms with Gasteiger partial charge in [0.15, 0.2) is 0 Å². The highest BCUT2D eigenvalue weighted by Gasteiger charge is 2.09. The largest absolute Gasteiger partial charge is 0.314 e. The summed E-state index contributed by atoms with van der Waals surface area (Å²) in [5.74, 6) is 0. The van der Waals surface area contributed by atoms with Crippen molar-refractivity contribution in [1.82, 2.24) is 15.1 Å². The minimum absolute atomic E-state index is 0.625. The molecule has 0 saturated heterocycles. The monoisotopic (exact) mass is 305 g/mol. The molecule has 2 aromatic rings. The van der Waals surface area contributed by atoms with Crippen LogP contribution in [0.5, 0.6) is 0 Å². The van der Waals surface area contributed by atoms with Crippen molar-refractivity contribution < 1.29 is 0 Å². The summed E-state index contributed by atoms with van der Waals surface area (Å²) in [6.07, 6.45) is 9.14. The lowest BCUT2D eigenvalue weighted by molar-refractivity contribution is 0.437. The molecule has 1 atom stereocenters. The van der Waals surface area contributed by atoms with E-state index in [9.17, 15) is 0 Å². The molecule has 0 aliphatic carbocycles. The van der Waals surface area contributed by atoms with Gasteiger partial charge in [-0.2, -0.15) is 5.10 Å². The van der Waals surface area contributed by atoms with Crippen LogP contribution in [0, 0.1) is 0 Å². The Balaban J connectivity index is 1.75. The Morgan fingerprint density at radius 3 is 2.86 bits per heavy atom. The molecule has 0 spiro atoms. The number of rotatable bonds is 10. The van der Waals surface area contributed by atoms with Gasteiger partial charge in [-0.3, -0.25) is 4.68 Å². The molecule has 0 aliphatic heterocycles. The third kappa shape index (κ3) is 5.64. The van der Waals surface area contributed by atoms with Gasteiger partial charge in [-0.25, -0.2) is 0 Å². The molecule has 0 aromatic carbocycles. The standard InChI is InChI=1S/C17H27N3S/c1-3-12-18-15(6-4-7-17-8-5-14-21-17)9-10-16-11-13-19-20(16)2/h5,8,11,13-15,18H,3-4,6-7,9-10,12H2,1-2H3. The molecule has 21 heavy (non-hydrogen) atoms. The highest BCUT2D eigenvalue weighted by Crippen LogP contribution is 2.15. The van der Waals surface area contributed by atoms with Gasteiger partial charge in [-0.1, -0.05) is 13.0 Å². The molecule has 0 aliphatic rings. The molecule has 0 saturated carbocycles. The van der Waals surface area contributed by atoms with E-state index in [-0.39, 0.29) is 0 Å². The zero-order valence-corrected chi connectivity index (χ0v) is 14.0. The Morgan fingerprint density at radius 1 is 1.29 bits per heavy atom. The lowest BCUT2D eigenvalue weighted by Crippen LogP contribution is -2.30. The fraction of sp³-hybridized carbons (Fsp3) is 0.588. The van der Waals surface area contributed by atoms with Gasteiger partial charge in [0.05, 0.1) is 0 Å². The van der Waals surface area contributed by atoms with Crippen LogP contribution < -0.4 is 5.32 Å². The van der Waals surface area contributed by atoms with E-state index >= 15 is 0 Å². The van der Waals surface area contributed by atoms with Crippen LogP contribution in [-0.4, -0.2) is 22.4 Å². The Labute approximate surface area is 132 Å². The van der Waals surface area contributed by atoms with Crippen molar-refractivity contribution in [2.75, 3.05) is 6.54 Å². The fourth-order valence-corrected chi connectivity index (χ4v) is 3.39. The first kappa shape index (κ1) is 16.2. The lowest BCUT2D eigenvalue weighted by atomic mass is 10.0. The van der Waals surface area contributed by atoms with Gasteiger partial charge in [0.1, 0.15) is 0 Å². The predicted octanol–water partition coefficient (Wildman–Crippen LogP) is 3.81. The summed E-state index contributed by atoms with van der Waals surface area (Å²) >= 11 is 1.87. The van der Waals surface area contributed by atoms with Gasteiger partial charge < -0.3 is 5.32 Å². The highest BCUT2D eigenvalue weighted by molar-refractivity contribution is 7.09. The molecule has 0 amide bonds. The second-order valence-corrected chi connectivity index (χ2v) is 6.64. The van der Waals surface area contributed by atoms with E-state index in [0.717, 1.165) is 13.0 Å². The Morgan fingerprint density at radius 2 is 2.19 bits per heavy atom. The van der Waals surface area contributed by atoms with Gasteiger partial charge in [-0.05, 0) is 62.6 Å². The van der Waals surface area contributed by atoms with Gasteiger partial charge >= 0.3 is 0 Å². The Hall–Kier alpha value is -1.13. The summed E-state index contributed by atoms with van der Waals surface area (Å²) in [7, 11) is 2.03. The molecule has 0 radical (unpaired) electrons. The molecule has 2 rings (SSSR count). The number of nitrogens with one attached hydrogen (secondary N) is 1. The van der Waals surface area contributed by atoms with Crippen LogP contribution in [0.3, 0.4) is 0 Å². The van der Waals surface area contributed by atoms with Crippen molar-refractivity contribution in [3.8, 4) is 0 Å². The minimum Gasteiger partial charge on any atom is -0.314 e. The molecular weight excluding hydrogens is 278 g/mol. The summed E-state index contributed by atoms with van der Waals surface area (Å²) in [6, 6.07) is 7.15. The van der Waals surface area contributed by atoms with Gasteiger partial charge in [-0.15, -0.1) is 11.3 Å². The van der Waals surface area contributed by atoms with E-state index in [1.54, 1.807) is 0 Å². The highest BCUT2D eigenvalue weighted by atomic mass is 32.1. The Kier molecular flexibility index (Phi) is 6.96. The van der Waals surface area contributed by atoms with E-state index in [4.69, 9.17) is 0 Å². The van der Waals surface area contributed by atoms with E-state index in [1.165, 1.54) is 42.7 Å². The molecule has 3 nitrogen and oxygen atoms in total. The van der Waals surface area contributed by atoms with Crippen molar-refractivity contribution in [2.45, 2.75) is 51.5 Å². The first-order valence-electron chi connectivity index (χ1n) is 8.02. The topological polar surface area (TPSA) is 29.9 Å². The third-order valence-electron chi connectivity index (χ3n) is 3.91. The van der Waals surface area contributed by atoms with Crippen LogP contribution in [0.4, 0.5) is 0 Å². The van der Waals surface area contributed by atoms with E-state index in [0.29, 0.717) is 6.04 Å². The number of thiophene rings is 1. The van der Waals surface area contributed by atoms with Gasteiger partial charge in [0, 0.05) is 29.9 Å². The molecule has 1 N–H and O–H groups in total. The minimum atomic E-state index is 0.625. The molecule has 2 heterocycles. The smallest absolute Gasteiger partial charge is 0.0492 e. The first-order chi connectivity index (χ1) is 10.3. The van der Waals surface area contributed by atoms with Gasteiger partial charge in [0.25, 0.3) is 0 Å². The van der Waals surface area contributed by atoms with Crippen molar-refractivity contribution in [1.29, 1.82) is 0 Å². The SMILES string of the molecule is CCCNC(CCCc1cccs1)CCc1ccnn1C.